The summed E-state index contributed by atoms with van der Waals surface area (Å²) in [5.74, 6) is -7.18. The van der Waals surface area contributed by atoms with Gasteiger partial charge in [-0.2, -0.15) is 0 Å². The van der Waals surface area contributed by atoms with Gasteiger partial charge >= 0.3 is 11.9 Å². The molecule has 0 bridgehead atoms. The van der Waals surface area contributed by atoms with Crippen molar-refractivity contribution in [3.63, 3.8) is 0 Å². The van der Waals surface area contributed by atoms with Crippen LogP contribution < -0.4 is 0 Å². The van der Waals surface area contributed by atoms with Gasteiger partial charge < -0.3 is 43.7 Å². The van der Waals surface area contributed by atoms with Crippen LogP contribution in [0.1, 0.15) is 133 Å². The van der Waals surface area contributed by atoms with Crippen LogP contribution in [0.2, 0.25) is 0 Å². The van der Waals surface area contributed by atoms with E-state index in [4.69, 9.17) is 40.0 Å². The minimum Gasteiger partial charge on any atom is -0.481 e. The third kappa shape index (κ3) is 9.05. The molecule has 0 aromatic heterocycles. The first-order valence-electron chi connectivity index (χ1n) is 21.7. The lowest BCUT2D eigenvalue weighted by atomic mass is 9.72. The van der Waals surface area contributed by atoms with E-state index < -0.39 is 95.0 Å². The number of alkyl halides is 1. The Kier molecular flexibility index (Phi) is 14.8. The molecular weight excluding hydrogens is 756 g/mol. The summed E-state index contributed by atoms with van der Waals surface area (Å²) < 4.78 is 39.8. The summed E-state index contributed by atoms with van der Waals surface area (Å²) in [6.07, 6.45) is 5.09. The number of rotatable bonds is 14. The molecule has 5 rings (SSSR count). The van der Waals surface area contributed by atoms with Crippen molar-refractivity contribution < 1.29 is 58.1 Å². The van der Waals surface area contributed by atoms with Crippen LogP contribution in [-0.2, 0) is 42.8 Å². The van der Waals surface area contributed by atoms with E-state index in [1.54, 1.807) is 19.1 Å². The van der Waals surface area contributed by atoms with Crippen molar-refractivity contribution in [1.82, 2.24) is 0 Å². The summed E-state index contributed by atoms with van der Waals surface area (Å²) >= 11 is 5.91. The maximum Gasteiger partial charge on any atom is 0.321 e. The lowest BCUT2D eigenvalue weighted by molar-refractivity contribution is -0.409. The highest BCUT2D eigenvalue weighted by Crippen LogP contribution is 2.54. The van der Waals surface area contributed by atoms with Crippen LogP contribution in [0, 0.1) is 41.4 Å². The second kappa shape index (κ2) is 18.1. The number of hydrogen-bond acceptors (Lipinski definition) is 11. The fraction of sp³-hybridized carbons (Fsp3) is 0.886. The number of carboxylic acids is 1. The zero-order chi connectivity index (χ0) is 42.2. The molecule has 0 amide bonds. The second-order valence-corrected chi connectivity index (χ2v) is 18.8. The lowest BCUT2D eigenvalue weighted by Crippen LogP contribution is -2.63. The van der Waals surface area contributed by atoms with Gasteiger partial charge in [0.2, 0.25) is 5.79 Å². The number of esters is 1. The molecule has 5 aliphatic rings. The first-order valence-corrected chi connectivity index (χ1v) is 22.3. The van der Waals surface area contributed by atoms with Crippen LogP contribution in [0.3, 0.4) is 0 Å². The minimum absolute atomic E-state index is 0.0327. The molecule has 3 N–H and O–H groups in total. The molecule has 13 heteroatoms. The average Bonchev–Trinajstić information content (AvgIpc) is 3.52. The van der Waals surface area contributed by atoms with Gasteiger partial charge in [0.05, 0.1) is 53.7 Å². The molecule has 57 heavy (non-hydrogen) atoms. The smallest absolute Gasteiger partial charge is 0.321 e. The number of ketones is 1. The summed E-state index contributed by atoms with van der Waals surface area (Å²) in [6.45, 7) is 19.5. The number of aliphatic hydroxyl groups is 2. The van der Waals surface area contributed by atoms with Gasteiger partial charge in [-0.25, -0.2) is 0 Å². The van der Waals surface area contributed by atoms with Gasteiger partial charge in [-0.15, -0.1) is 11.6 Å². The Morgan fingerprint density at radius 2 is 1.60 bits per heavy atom. The number of aliphatic hydroxyl groups excluding tert-OH is 1. The summed E-state index contributed by atoms with van der Waals surface area (Å²) in [5.41, 5.74) is -1.75. The number of carbonyl (C=O) groups is 3. The van der Waals surface area contributed by atoms with Gasteiger partial charge in [0, 0.05) is 30.1 Å². The number of aliphatic carboxylic acids is 1. The molecule has 0 aromatic carbocycles. The van der Waals surface area contributed by atoms with E-state index in [2.05, 4.69) is 13.8 Å². The van der Waals surface area contributed by atoms with Crippen molar-refractivity contribution in [2.24, 2.45) is 41.4 Å². The van der Waals surface area contributed by atoms with Crippen molar-refractivity contribution in [3.8, 4) is 0 Å². The summed E-state index contributed by atoms with van der Waals surface area (Å²) in [4.78, 5) is 39.2. The molecule has 4 fully saturated rings. The summed E-state index contributed by atoms with van der Waals surface area (Å²) in [5, 5.41) is 32.7. The fourth-order valence-electron chi connectivity index (χ4n) is 10.8. The molecule has 5 heterocycles. The highest BCUT2D eigenvalue weighted by atomic mass is 35.5. The number of carboxylic acid groups (broad SMARTS) is 1. The summed E-state index contributed by atoms with van der Waals surface area (Å²) in [7, 11) is 0. The monoisotopic (exact) mass is 826 g/mol. The van der Waals surface area contributed by atoms with Gasteiger partial charge in [-0.1, -0.05) is 55.4 Å². The van der Waals surface area contributed by atoms with Gasteiger partial charge in [-0.05, 0) is 95.6 Å². The molecule has 2 spiro atoms. The number of hydrogen-bond donors (Lipinski definition) is 3. The standard InChI is InChI=1S/C44H71ClO12/c1-11-30(40(49)50)32-15-14-24(4)38(53-32)28(8)36(47)27(7)37(48)31(12-2)39-25(5)22-26(6)43(55-39)19-17-34(54-35(46)23-45)44(57-43)21-20-41(10,56-44)33-16-18-42(51,13-3)29(9)52-33/h17,19,24-34,36,38-39,47,51H,11-16,18,20-23H2,1-10H3,(H,49,50)/t24-,25-,26+,27-,28-,29-,30+,31-,32+,33+,34+,36+,38+,39-,41-,42+,43-,44-/m0/s1. The Bertz CT molecular complexity index is 1460. The zero-order valence-corrected chi connectivity index (χ0v) is 36.7. The number of ether oxygens (including phenoxy) is 6. The van der Waals surface area contributed by atoms with Crippen LogP contribution in [0.15, 0.2) is 12.2 Å². The normalized spacial score (nSPS) is 43.6. The first kappa shape index (κ1) is 46.4. The van der Waals surface area contributed by atoms with E-state index in [-0.39, 0.29) is 35.5 Å². The number of carbonyl (C=O) groups excluding carboxylic acids is 2. The second-order valence-electron chi connectivity index (χ2n) is 18.5. The molecule has 0 saturated carbocycles. The molecule has 0 unspecified atom stereocenters. The maximum absolute atomic E-state index is 14.6. The Hall–Kier alpha value is -1.64. The van der Waals surface area contributed by atoms with Gasteiger partial charge in [0.15, 0.2) is 11.9 Å². The fourth-order valence-corrected chi connectivity index (χ4v) is 10.8. The minimum atomic E-state index is -1.44. The average molecular weight is 827 g/mol. The quantitative estimate of drug-likeness (QED) is 0.0936. The zero-order valence-electron chi connectivity index (χ0n) is 35.9. The Labute approximate surface area is 345 Å². The van der Waals surface area contributed by atoms with E-state index in [1.807, 2.05) is 48.5 Å². The van der Waals surface area contributed by atoms with Crippen molar-refractivity contribution in [2.45, 2.75) is 199 Å². The lowest BCUT2D eigenvalue weighted by Gasteiger charge is -2.54. The third-order valence-corrected chi connectivity index (χ3v) is 15.0. The third-order valence-electron chi connectivity index (χ3n) is 14.8. The Morgan fingerprint density at radius 1 is 0.912 bits per heavy atom. The van der Waals surface area contributed by atoms with E-state index in [9.17, 15) is 29.7 Å². The molecule has 5 aliphatic heterocycles. The number of halogens is 1. The molecule has 0 aliphatic carbocycles. The van der Waals surface area contributed by atoms with Crippen molar-refractivity contribution in [2.75, 3.05) is 5.88 Å². The first-order chi connectivity index (χ1) is 26.7. The highest BCUT2D eigenvalue weighted by molar-refractivity contribution is 6.26. The van der Waals surface area contributed by atoms with Crippen LogP contribution in [0.5, 0.6) is 0 Å². The van der Waals surface area contributed by atoms with Crippen LogP contribution in [0.25, 0.3) is 0 Å². The van der Waals surface area contributed by atoms with Gasteiger partial charge in [0.1, 0.15) is 11.7 Å². The predicted molar refractivity (Wildman–Crippen MR) is 213 cm³/mol. The number of Topliss-reactive ketones (excluding diaryl/α,β-unsaturated/α-hetero) is 1. The molecule has 4 saturated heterocycles. The van der Waals surface area contributed by atoms with Gasteiger partial charge in [-0.3, -0.25) is 14.4 Å². The van der Waals surface area contributed by atoms with E-state index in [1.165, 1.54) is 0 Å². The highest BCUT2D eigenvalue weighted by Gasteiger charge is 2.64. The largest absolute Gasteiger partial charge is 0.481 e. The molecule has 12 nitrogen and oxygen atoms in total. The molecular formula is C44H71ClO12. The Balaban J connectivity index is 1.37. The summed E-state index contributed by atoms with van der Waals surface area (Å²) in [6, 6.07) is 0. The van der Waals surface area contributed by atoms with Crippen molar-refractivity contribution in [1.29, 1.82) is 0 Å². The van der Waals surface area contributed by atoms with E-state index in [0.29, 0.717) is 57.8 Å². The van der Waals surface area contributed by atoms with Crippen molar-refractivity contribution in [3.05, 3.63) is 12.2 Å². The Morgan fingerprint density at radius 3 is 2.19 bits per heavy atom. The topological polar surface area (TPSA) is 167 Å². The van der Waals surface area contributed by atoms with Gasteiger partial charge in [0.25, 0.3) is 0 Å². The maximum atomic E-state index is 14.6. The van der Waals surface area contributed by atoms with Crippen molar-refractivity contribution >= 4 is 29.3 Å². The van der Waals surface area contributed by atoms with E-state index in [0.717, 1.165) is 6.42 Å². The molecule has 0 aromatic rings. The van der Waals surface area contributed by atoms with E-state index >= 15 is 0 Å². The van der Waals surface area contributed by atoms with Crippen LogP contribution in [0.4, 0.5) is 0 Å². The predicted octanol–water partition coefficient (Wildman–Crippen LogP) is 6.98. The van der Waals surface area contributed by atoms with Crippen LogP contribution >= 0.6 is 11.6 Å². The molecule has 18 atom stereocenters. The molecule has 326 valence electrons. The SMILES string of the molecule is CC[C@@H](C(=O)[C@@H](C)[C@@H](O)[C@H](C)[C@@H]1O[C@@H]([C@@H](CC)C(=O)O)CC[C@@H]1C)[C@H]1O[C@]2(C=C[C@@H](OC(=O)CCl)[C@]3(CC[C@@](C)([C@H]4CC[C@](O)(CC)[C@H](C)O4)O3)O2)[C@H](C)C[C@@H]1C. The van der Waals surface area contributed by atoms with Crippen LogP contribution in [-0.4, -0.2) is 104 Å². The molecule has 0 radical (unpaired) electrons.